The Morgan fingerprint density at radius 1 is 1.36 bits per heavy atom. The molecule has 0 aliphatic carbocycles. The van der Waals surface area contributed by atoms with Gasteiger partial charge in [-0.15, -0.1) is 0 Å². The molecule has 0 saturated heterocycles. The van der Waals surface area contributed by atoms with Gasteiger partial charge in [-0.2, -0.15) is 0 Å². The van der Waals surface area contributed by atoms with Crippen molar-refractivity contribution >= 4 is 17.7 Å². The Balaban J connectivity index is 4.22. The van der Waals surface area contributed by atoms with Crippen molar-refractivity contribution in [1.82, 2.24) is 0 Å². The van der Waals surface area contributed by atoms with Crippen LogP contribution in [0.5, 0.6) is 0 Å². The molecule has 0 amide bonds. The first-order chi connectivity index (χ1) is 6.49. The van der Waals surface area contributed by atoms with Crippen LogP contribution in [0.3, 0.4) is 0 Å². The Morgan fingerprint density at radius 3 is 2.29 bits per heavy atom. The van der Waals surface area contributed by atoms with Crippen LogP contribution in [0.15, 0.2) is 0 Å². The lowest BCUT2D eigenvalue weighted by Gasteiger charge is -2.12. The first-order valence-electron chi connectivity index (χ1n) is 4.36. The van der Waals surface area contributed by atoms with Crippen LogP contribution in [-0.4, -0.2) is 24.3 Å². The lowest BCUT2D eigenvalue weighted by molar-refractivity contribution is -0.305. The van der Waals surface area contributed by atoms with E-state index in [0.29, 0.717) is 0 Å². The van der Waals surface area contributed by atoms with Crippen molar-refractivity contribution in [2.75, 3.05) is 6.61 Å². The summed E-state index contributed by atoms with van der Waals surface area (Å²) >= 11 is 0. The van der Waals surface area contributed by atoms with Gasteiger partial charge in [0.05, 0.1) is 6.61 Å². The second-order valence-electron chi connectivity index (χ2n) is 2.83. The molecule has 0 N–H and O–H groups in total. The van der Waals surface area contributed by atoms with Crippen molar-refractivity contribution in [1.29, 1.82) is 0 Å². The van der Waals surface area contributed by atoms with Crippen LogP contribution < -0.4 is 5.11 Å². The smallest absolute Gasteiger partial charge is 0.316 e. The number of aliphatic carboxylic acids is 1. The minimum atomic E-state index is -1.28. The Labute approximate surface area is 82.1 Å². The maximum atomic E-state index is 11.1. The molecule has 0 saturated carbocycles. The van der Waals surface area contributed by atoms with Gasteiger partial charge in [-0.25, -0.2) is 0 Å². The molecule has 80 valence electrons. The zero-order valence-electron chi connectivity index (χ0n) is 8.24. The summed E-state index contributed by atoms with van der Waals surface area (Å²) in [7, 11) is 0. The van der Waals surface area contributed by atoms with Crippen LogP contribution >= 0.6 is 0 Å². The van der Waals surface area contributed by atoms with Crippen LogP contribution in [0.2, 0.25) is 0 Å². The van der Waals surface area contributed by atoms with E-state index in [1.807, 2.05) is 0 Å². The van der Waals surface area contributed by atoms with Crippen LogP contribution in [0.1, 0.15) is 26.7 Å². The van der Waals surface area contributed by atoms with Crippen molar-refractivity contribution in [2.24, 2.45) is 5.92 Å². The number of hydrogen-bond acceptors (Lipinski definition) is 5. The summed E-state index contributed by atoms with van der Waals surface area (Å²) in [5.74, 6) is -3.31. The molecule has 5 nitrogen and oxygen atoms in total. The van der Waals surface area contributed by atoms with E-state index in [1.54, 1.807) is 6.92 Å². The summed E-state index contributed by atoms with van der Waals surface area (Å²) in [6.45, 7) is 3.03. The number of esters is 1. The fourth-order valence-electron chi connectivity index (χ4n) is 0.992. The van der Waals surface area contributed by atoms with Crippen molar-refractivity contribution in [3.8, 4) is 0 Å². The first-order valence-corrected chi connectivity index (χ1v) is 4.36. The number of rotatable bonds is 6. The Kier molecular flexibility index (Phi) is 5.52. The number of hydrogen-bond donors (Lipinski definition) is 0. The van der Waals surface area contributed by atoms with Gasteiger partial charge in [0.25, 0.3) is 0 Å². The highest BCUT2D eigenvalue weighted by Gasteiger charge is 2.23. The largest absolute Gasteiger partial charge is 0.550 e. The van der Waals surface area contributed by atoms with E-state index in [9.17, 15) is 19.5 Å². The van der Waals surface area contributed by atoms with Crippen molar-refractivity contribution in [3.05, 3.63) is 0 Å². The van der Waals surface area contributed by atoms with E-state index in [-0.39, 0.29) is 25.2 Å². The molecular weight excluding hydrogens is 188 g/mol. The van der Waals surface area contributed by atoms with Crippen LogP contribution in [0.25, 0.3) is 0 Å². The molecule has 5 heteroatoms. The van der Waals surface area contributed by atoms with Crippen LogP contribution in [0.4, 0.5) is 0 Å². The highest BCUT2D eigenvalue weighted by molar-refractivity contribution is 5.97. The molecule has 0 radical (unpaired) electrons. The first kappa shape index (κ1) is 12.6. The van der Waals surface area contributed by atoms with E-state index in [2.05, 4.69) is 4.74 Å². The third-order valence-corrected chi connectivity index (χ3v) is 1.70. The van der Waals surface area contributed by atoms with Crippen molar-refractivity contribution < 1.29 is 24.2 Å². The Morgan fingerprint density at radius 2 is 1.93 bits per heavy atom. The van der Waals surface area contributed by atoms with E-state index in [4.69, 9.17) is 0 Å². The van der Waals surface area contributed by atoms with Crippen molar-refractivity contribution in [3.63, 3.8) is 0 Å². The summed E-state index contributed by atoms with van der Waals surface area (Å²) in [6.07, 6.45) is -0.375. The third kappa shape index (κ3) is 4.59. The van der Waals surface area contributed by atoms with Gasteiger partial charge in [0.15, 0.2) is 0 Å². The van der Waals surface area contributed by atoms with Crippen LogP contribution in [0, 0.1) is 5.92 Å². The number of ketones is 1. The minimum absolute atomic E-state index is 0.0590. The van der Waals surface area contributed by atoms with Gasteiger partial charge in [0.2, 0.25) is 0 Å². The molecule has 1 unspecified atom stereocenters. The van der Waals surface area contributed by atoms with Crippen LogP contribution in [-0.2, 0) is 19.1 Å². The molecule has 0 bridgehead atoms. The van der Waals surface area contributed by atoms with E-state index >= 15 is 0 Å². The Bertz CT molecular complexity index is 233. The monoisotopic (exact) mass is 201 g/mol. The van der Waals surface area contributed by atoms with E-state index in [0.717, 1.165) is 0 Å². The topological polar surface area (TPSA) is 83.5 Å². The van der Waals surface area contributed by atoms with Gasteiger partial charge in [-0.1, -0.05) is 0 Å². The summed E-state index contributed by atoms with van der Waals surface area (Å²) in [5.41, 5.74) is 0. The molecular formula is C9H13O5-. The number of carboxylic acids is 1. The Hall–Kier alpha value is -1.39. The summed E-state index contributed by atoms with van der Waals surface area (Å²) in [5, 5.41) is 10.1. The minimum Gasteiger partial charge on any atom is -0.550 e. The van der Waals surface area contributed by atoms with Gasteiger partial charge in [-0.05, 0) is 26.7 Å². The maximum Gasteiger partial charge on any atom is 0.316 e. The fourth-order valence-corrected chi connectivity index (χ4v) is 0.992. The second kappa shape index (κ2) is 6.12. The normalized spacial score (nSPS) is 11.9. The average molecular weight is 201 g/mol. The number of carboxylic acid groups (broad SMARTS) is 1. The highest BCUT2D eigenvalue weighted by atomic mass is 16.5. The molecule has 0 heterocycles. The number of carbonyl (C=O) groups is 3. The lowest BCUT2D eigenvalue weighted by Crippen LogP contribution is -2.28. The highest BCUT2D eigenvalue weighted by Crippen LogP contribution is 2.09. The average Bonchev–Trinajstić information content (AvgIpc) is 2.03. The molecule has 0 rings (SSSR count). The molecule has 0 aromatic heterocycles. The quantitative estimate of drug-likeness (QED) is 0.418. The second-order valence-corrected chi connectivity index (χ2v) is 2.83. The predicted molar refractivity (Wildman–Crippen MR) is 45.0 cm³/mol. The molecule has 1 atom stereocenters. The molecule has 0 fully saturated rings. The van der Waals surface area contributed by atoms with Crippen molar-refractivity contribution in [2.45, 2.75) is 26.7 Å². The number of ether oxygens (including phenoxy) is 1. The van der Waals surface area contributed by atoms with E-state index < -0.39 is 17.9 Å². The number of Topliss-reactive ketones (excluding diaryl/α,β-unsaturated/α-hetero) is 1. The lowest BCUT2D eigenvalue weighted by atomic mass is 9.99. The molecule has 0 aliphatic heterocycles. The van der Waals surface area contributed by atoms with E-state index in [1.165, 1.54) is 6.92 Å². The predicted octanol–water partition coefficient (Wildman–Crippen LogP) is -0.715. The van der Waals surface area contributed by atoms with Gasteiger partial charge in [0, 0.05) is 5.97 Å². The molecule has 0 aliphatic rings. The summed E-state index contributed by atoms with van der Waals surface area (Å²) in [4.78, 5) is 32.2. The zero-order valence-corrected chi connectivity index (χ0v) is 8.24. The summed E-state index contributed by atoms with van der Waals surface area (Å²) < 4.78 is 4.62. The summed E-state index contributed by atoms with van der Waals surface area (Å²) in [6, 6.07) is 0. The number of carbonyl (C=O) groups excluding carboxylic acids is 3. The molecule has 0 aromatic rings. The maximum absolute atomic E-state index is 11.1. The van der Waals surface area contributed by atoms with Gasteiger partial charge in [-0.3, -0.25) is 9.59 Å². The molecule has 14 heavy (non-hydrogen) atoms. The third-order valence-electron chi connectivity index (χ3n) is 1.70. The zero-order chi connectivity index (χ0) is 11.1. The molecule has 0 spiro atoms. The SMILES string of the molecule is CCOC(=O)C(CCC(=O)[O-])C(C)=O. The van der Waals surface area contributed by atoms with Gasteiger partial charge < -0.3 is 14.6 Å². The van der Waals surface area contributed by atoms with Gasteiger partial charge in [0.1, 0.15) is 11.7 Å². The fraction of sp³-hybridized carbons (Fsp3) is 0.667. The molecule has 0 aromatic carbocycles. The standard InChI is InChI=1S/C9H14O5/c1-3-14-9(13)7(6(2)10)4-5-8(11)12/h7H,3-5H2,1-2H3,(H,11,12)/p-1. The van der Waals surface area contributed by atoms with Gasteiger partial charge >= 0.3 is 5.97 Å².